The highest BCUT2D eigenvalue weighted by Gasteiger charge is 2.16. The molecule has 1 heterocycles. The number of hydrogen-bond donors (Lipinski definition) is 1. The van der Waals surface area contributed by atoms with Crippen molar-refractivity contribution in [1.29, 1.82) is 0 Å². The zero-order valence-corrected chi connectivity index (χ0v) is 17.0. The number of ether oxygens (including phenoxy) is 2. The maximum atomic E-state index is 5.40. The summed E-state index contributed by atoms with van der Waals surface area (Å²) in [6.07, 6.45) is 0. The second-order valence-electron chi connectivity index (χ2n) is 6.73. The van der Waals surface area contributed by atoms with E-state index in [9.17, 15) is 0 Å². The van der Waals surface area contributed by atoms with E-state index < -0.39 is 0 Å². The first-order valence-electron chi connectivity index (χ1n) is 9.07. The molecule has 1 aromatic heterocycles. The van der Waals surface area contributed by atoms with Crippen LogP contribution in [0.5, 0.6) is 11.5 Å². The smallest absolute Gasteiger partial charge is 0.161 e. The average molecular weight is 383 g/mol. The van der Waals surface area contributed by atoms with Gasteiger partial charge >= 0.3 is 0 Å². The van der Waals surface area contributed by atoms with Crippen LogP contribution in [0.2, 0.25) is 0 Å². The Kier molecular flexibility index (Phi) is 6.48. The van der Waals surface area contributed by atoms with Gasteiger partial charge in [0.05, 0.1) is 19.9 Å². The summed E-state index contributed by atoms with van der Waals surface area (Å²) in [6, 6.07) is 16.8. The molecule has 0 aliphatic carbocycles. The van der Waals surface area contributed by atoms with Crippen LogP contribution in [0.4, 0.5) is 0 Å². The van der Waals surface area contributed by atoms with Crippen molar-refractivity contribution in [3.05, 3.63) is 65.2 Å². The first-order valence-corrected chi connectivity index (χ1v) is 9.95. The molecule has 1 atom stereocenters. The summed E-state index contributed by atoms with van der Waals surface area (Å²) in [6.45, 7) is 5.21. The Morgan fingerprint density at radius 2 is 1.74 bits per heavy atom. The highest BCUT2D eigenvalue weighted by atomic mass is 32.1. The summed E-state index contributed by atoms with van der Waals surface area (Å²) in [7, 11) is 3.29. The lowest BCUT2D eigenvalue weighted by molar-refractivity contribution is 0.355. The molecule has 0 bridgehead atoms. The number of aromatic nitrogens is 1. The van der Waals surface area contributed by atoms with Crippen molar-refractivity contribution in [1.82, 2.24) is 10.3 Å². The molecule has 0 saturated heterocycles. The standard InChI is InChI=1S/C22H26N2O2S/c1-15(2)21(16-8-6-5-7-9-16)23-13-18-14-27-22(24-18)17-10-11-19(25-3)20(12-17)26-4/h5-12,14-15,21,23H,13H2,1-4H3/t21-/m1/s1. The zero-order chi connectivity index (χ0) is 19.2. The van der Waals surface area contributed by atoms with Crippen LogP contribution in [0.25, 0.3) is 10.6 Å². The number of nitrogens with zero attached hydrogens (tertiary/aromatic N) is 1. The van der Waals surface area contributed by atoms with Crippen LogP contribution in [-0.4, -0.2) is 19.2 Å². The third kappa shape index (κ3) is 4.67. The molecule has 1 N–H and O–H groups in total. The van der Waals surface area contributed by atoms with Crippen molar-refractivity contribution in [3.63, 3.8) is 0 Å². The summed E-state index contributed by atoms with van der Waals surface area (Å²) in [5.41, 5.74) is 3.39. The Morgan fingerprint density at radius 3 is 2.41 bits per heavy atom. The van der Waals surface area contributed by atoms with Gasteiger partial charge in [-0.25, -0.2) is 4.98 Å². The number of methoxy groups -OCH3 is 2. The van der Waals surface area contributed by atoms with Crippen molar-refractivity contribution in [2.24, 2.45) is 5.92 Å². The fourth-order valence-corrected chi connectivity index (χ4v) is 3.92. The average Bonchev–Trinajstić information content (AvgIpc) is 3.17. The van der Waals surface area contributed by atoms with E-state index in [-0.39, 0.29) is 0 Å². The van der Waals surface area contributed by atoms with Gasteiger partial charge in [0.15, 0.2) is 11.5 Å². The van der Waals surface area contributed by atoms with Gasteiger partial charge in [-0.15, -0.1) is 11.3 Å². The highest BCUT2D eigenvalue weighted by Crippen LogP contribution is 2.33. The normalized spacial score (nSPS) is 12.2. The molecular formula is C22H26N2O2S. The highest BCUT2D eigenvalue weighted by molar-refractivity contribution is 7.13. The zero-order valence-electron chi connectivity index (χ0n) is 16.2. The van der Waals surface area contributed by atoms with E-state index >= 15 is 0 Å². The van der Waals surface area contributed by atoms with Crippen molar-refractivity contribution in [3.8, 4) is 22.1 Å². The molecule has 0 amide bonds. The Morgan fingerprint density at radius 1 is 1.00 bits per heavy atom. The lowest BCUT2D eigenvalue weighted by atomic mass is 9.96. The van der Waals surface area contributed by atoms with Crippen molar-refractivity contribution in [2.75, 3.05) is 14.2 Å². The molecule has 0 fully saturated rings. The van der Waals surface area contributed by atoms with Crippen molar-refractivity contribution >= 4 is 11.3 Å². The molecule has 0 radical (unpaired) electrons. The van der Waals surface area contributed by atoms with E-state index in [0.29, 0.717) is 17.7 Å². The van der Waals surface area contributed by atoms with Crippen molar-refractivity contribution < 1.29 is 9.47 Å². The minimum atomic E-state index is 0.303. The molecule has 4 nitrogen and oxygen atoms in total. The van der Waals surface area contributed by atoms with E-state index in [1.54, 1.807) is 25.6 Å². The predicted molar refractivity (Wildman–Crippen MR) is 112 cm³/mol. The number of thiazole rings is 1. The first-order chi connectivity index (χ1) is 13.1. The summed E-state index contributed by atoms with van der Waals surface area (Å²) in [5, 5.41) is 6.75. The predicted octanol–water partition coefficient (Wildman–Crippen LogP) is 5.31. The third-order valence-electron chi connectivity index (χ3n) is 4.51. The second kappa shape index (κ2) is 9.02. The van der Waals surface area contributed by atoms with Gasteiger partial charge in [-0.2, -0.15) is 0 Å². The van der Waals surface area contributed by atoms with Gasteiger partial charge in [0.1, 0.15) is 5.01 Å². The summed E-state index contributed by atoms with van der Waals surface area (Å²) < 4.78 is 10.7. The fraction of sp³-hybridized carbons (Fsp3) is 0.318. The summed E-state index contributed by atoms with van der Waals surface area (Å²) in [5.74, 6) is 1.94. The van der Waals surface area contributed by atoms with Crippen LogP contribution in [0.15, 0.2) is 53.9 Å². The van der Waals surface area contributed by atoms with Gasteiger partial charge in [0, 0.05) is 23.5 Å². The Labute approximate surface area is 165 Å². The number of benzene rings is 2. The summed E-state index contributed by atoms with van der Waals surface area (Å²) >= 11 is 1.64. The topological polar surface area (TPSA) is 43.4 Å². The Bertz CT molecular complexity index is 862. The molecule has 3 aromatic rings. The molecule has 0 unspecified atom stereocenters. The molecular weight excluding hydrogens is 356 g/mol. The third-order valence-corrected chi connectivity index (χ3v) is 5.45. The molecule has 0 spiro atoms. The largest absolute Gasteiger partial charge is 0.493 e. The molecule has 3 rings (SSSR count). The van der Waals surface area contributed by atoms with Crippen LogP contribution in [-0.2, 0) is 6.54 Å². The Hall–Kier alpha value is -2.37. The lowest BCUT2D eigenvalue weighted by Gasteiger charge is -2.22. The van der Waals surface area contributed by atoms with E-state index in [4.69, 9.17) is 14.5 Å². The molecule has 27 heavy (non-hydrogen) atoms. The first kappa shape index (κ1) is 19.4. The maximum absolute atomic E-state index is 5.40. The Balaban J connectivity index is 1.72. The minimum Gasteiger partial charge on any atom is -0.493 e. The van der Waals surface area contributed by atoms with Gasteiger partial charge in [0.25, 0.3) is 0 Å². The maximum Gasteiger partial charge on any atom is 0.161 e. The van der Waals surface area contributed by atoms with Crippen LogP contribution in [0.1, 0.15) is 31.1 Å². The quantitative estimate of drug-likeness (QED) is 0.573. The van der Waals surface area contributed by atoms with E-state index in [1.165, 1.54) is 5.56 Å². The van der Waals surface area contributed by atoms with Crippen LogP contribution >= 0.6 is 11.3 Å². The molecule has 0 saturated carbocycles. The summed E-state index contributed by atoms with van der Waals surface area (Å²) in [4.78, 5) is 4.80. The molecule has 5 heteroatoms. The number of hydrogen-bond acceptors (Lipinski definition) is 5. The number of nitrogens with one attached hydrogen (secondary N) is 1. The fourth-order valence-electron chi connectivity index (χ4n) is 3.10. The van der Waals surface area contributed by atoms with Crippen molar-refractivity contribution in [2.45, 2.75) is 26.4 Å². The van der Waals surface area contributed by atoms with Gasteiger partial charge in [-0.1, -0.05) is 44.2 Å². The molecule has 2 aromatic carbocycles. The molecule has 0 aliphatic heterocycles. The van der Waals surface area contributed by atoms with E-state index in [2.05, 4.69) is 54.9 Å². The van der Waals surface area contributed by atoms with Gasteiger partial charge in [-0.3, -0.25) is 0 Å². The lowest BCUT2D eigenvalue weighted by Crippen LogP contribution is -2.25. The van der Waals surface area contributed by atoms with Crippen LogP contribution < -0.4 is 14.8 Å². The number of rotatable bonds is 8. The van der Waals surface area contributed by atoms with Gasteiger partial charge in [0.2, 0.25) is 0 Å². The van der Waals surface area contributed by atoms with Gasteiger partial charge in [-0.05, 0) is 29.7 Å². The molecule has 142 valence electrons. The van der Waals surface area contributed by atoms with Crippen LogP contribution in [0.3, 0.4) is 0 Å². The van der Waals surface area contributed by atoms with E-state index in [0.717, 1.165) is 28.6 Å². The monoisotopic (exact) mass is 382 g/mol. The van der Waals surface area contributed by atoms with Gasteiger partial charge < -0.3 is 14.8 Å². The minimum absolute atomic E-state index is 0.303. The van der Waals surface area contributed by atoms with E-state index in [1.807, 2.05) is 18.2 Å². The second-order valence-corrected chi connectivity index (χ2v) is 7.59. The SMILES string of the molecule is COc1ccc(-c2nc(CN[C@@H](c3ccccc3)C(C)C)cs2)cc1OC. The van der Waals surface area contributed by atoms with Crippen LogP contribution in [0, 0.1) is 5.92 Å². The molecule has 0 aliphatic rings.